The molecule has 708 valence electrons. The van der Waals surface area contributed by atoms with Crippen molar-refractivity contribution in [2.45, 2.75) is 148 Å². The highest BCUT2D eigenvalue weighted by Gasteiger charge is 2.25. The van der Waals surface area contributed by atoms with Gasteiger partial charge in [-0.05, 0) is 220 Å². The van der Waals surface area contributed by atoms with Gasteiger partial charge in [-0.15, -0.1) is 0 Å². The number of anilines is 3. The number of benzene rings is 10. The fourth-order valence-electron chi connectivity index (χ4n) is 16.2. The molecule has 21 N–H and O–H groups in total. The van der Waals surface area contributed by atoms with Crippen LogP contribution in [0.15, 0.2) is 197 Å². The molecule has 6 amide bonds. The van der Waals surface area contributed by atoms with Gasteiger partial charge in [-0.2, -0.15) is 0 Å². The first kappa shape index (κ1) is 103. The van der Waals surface area contributed by atoms with Gasteiger partial charge in [0.25, 0.3) is 17.7 Å². The normalized spacial score (nSPS) is 12.5. The summed E-state index contributed by atoms with van der Waals surface area (Å²) in [5, 5.41) is 22.3. The highest BCUT2D eigenvalue weighted by Crippen LogP contribution is 2.34. The second-order valence-corrected chi connectivity index (χ2v) is 39.2. The number of carbonyl (C=O) groups excluding carboxylic acids is 6. The van der Waals surface area contributed by atoms with E-state index in [0.717, 1.165) is 83.3 Å². The summed E-state index contributed by atoms with van der Waals surface area (Å²) in [6, 6.07) is 53.4. The Labute approximate surface area is 777 Å². The van der Waals surface area contributed by atoms with Crippen molar-refractivity contribution in [3.8, 4) is 0 Å². The minimum absolute atomic E-state index is 0.0146. The number of amides is 6. The van der Waals surface area contributed by atoms with Crippen LogP contribution in [0.25, 0.3) is 32.3 Å². The fourth-order valence-corrected chi connectivity index (χ4v) is 20.1. The number of nitrogens with two attached hydrogens (primary N) is 6. The van der Waals surface area contributed by atoms with E-state index in [4.69, 9.17) is 34.4 Å². The predicted octanol–water partition coefficient (Wildman–Crippen LogP) is 7.17. The average molecular weight is 1860 g/mol. The summed E-state index contributed by atoms with van der Waals surface area (Å²) in [4.78, 5) is 87.8. The molecule has 10 aromatic carbocycles. The minimum atomic E-state index is -3.92. The Morgan fingerprint density at radius 3 is 0.758 bits per heavy atom. The second-order valence-electron chi connectivity index (χ2n) is 34.0. The molecule has 33 heteroatoms. The van der Waals surface area contributed by atoms with Crippen molar-refractivity contribution in [2.24, 2.45) is 34.4 Å². The van der Waals surface area contributed by atoms with Crippen molar-refractivity contribution in [1.29, 1.82) is 0 Å². The highest BCUT2D eigenvalue weighted by atomic mass is 32.2. The summed E-state index contributed by atoms with van der Waals surface area (Å²) in [6.45, 7) is 2.15. The molecule has 0 heterocycles. The Kier molecular flexibility index (Phi) is 38.9. The summed E-state index contributed by atoms with van der Waals surface area (Å²) < 4.78 is 91.7. The molecule has 3 unspecified atom stereocenters. The van der Waals surface area contributed by atoms with E-state index in [-0.39, 0.29) is 89.4 Å². The largest absolute Gasteiger partial charge is 0.377 e. The number of carbonyl (C=O) groups is 6. The molecule has 0 radical (unpaired) electrons. The van der Waals surface area contributed by atoms with Crippen LogP contribution in [0.4, 0.5) is 17.1 Å². The topological polar surface area (TPSA) is 479 Å². The van der Waals surface area contributed by atoms with Crippen molar-refractivity contribution in [3.05, 3.63) is 249 Å². The third-order valence-corrected chi connectivity index (χ3v) is 27.9. The lowest BCUT2D eigenvalue weighted by atomic mass is 9.96. The molecule has 30 nitrogen and oxygen atoms in total. The van der Waals surface area contributed by atoms with Gasteiger partial charge >= 0.3 is 0 Å². The van der Waals surface area contributed by atoms with E-state index < -0.39 is 48.2 Å². The van der Waals surface area contributed by atoms with Crippen LogP contribution in [-0.4, -0.2) is 200 Å². The first-order valence-electron chi connectivity index (χ1n) is 45.4. The van der Waals surface area contributed by atoms with Crippen molar-refractivity contribution >= 4 is 115 Å². The maximum absolute atomic E-state index is 14.6. The molecule has 10 aromatic rings. The van der Waals surface area contributed by atoms with E-state index >= 15 is 0 Å². The third kappa shape index (κ3) is 29.1. The maximum atomic E-state index is 14.6. The molecule has 0 aliphatic carbocycles. The number of hydrogen-bond donors (Lipinski definition) is 15. The molecule has 10 rings (SSSR count). The third-order valence-electron chi connectivity index (χ3n) is 23.4. The van der Waals surface area contributed by atoms with Crippen LogP contribution in [0.5, 0.6) is 0 Å². The highest BCUT2D eigenvalue weighted by molar-refractivity contribution is 7.90. The fraction of sp³-hybridized carbons (Fsp3) is 0.394. The summed E-state index contributed by atoms with van der Waals surface area (Å²) in [5.41, 5.74) is 46.5. The predicted molar refractivity (Wildman–Crippen MR) is 528 cm³/mol. The second kappa shape index (κ2) is 50.0. The van der Waals surface area contributed by atoms with Crippen LogP contribution >= 0.6 is 0 Å². The Hall–Kier alpha value is -11.3. The van der Waals surface area contributed by atoms with Gasteiger partial charge in [-0.25, -0.2) is 39.4 Å². The maximum Gasteiger partial charge on any atom is 0.251 e. The quantitative estimate of drug-likeness (QED) is 0.0168. The van der Waals surface area contributed by atoms with Crippen molar-refractivity contribution in [1.82, 2.24) is 46.1 Å². The summed E-state index contributed by atoms with van der Waals surface area (Å²) in [6.07, 6.45) is 8.80. The molecule has 0 saturated heterocycles. The van der Waals surface area contributed by atoms with Gasteiger partial charge in [0.2, 0.25) is 47.8 Å². The van der Waals surface area contributed by atoms with Crippen LogP contribution in [0, 0.1) is 0 Å². The van der Waals surface area contributed by atoms with E-state index in [1.54, 1.807) is 54.6 Å². The van der Waals surface area contributed by atoms with Crippen LogP contribution in [-0.2, 0) is 102 Å². The molecule has 0 bridgehead atoms. The van der Waals surface area contributed by atoms with Crippen molar-refractivity contribution in [2.75, 3.05) is 136 Å². The molecule has 132 heavy (non-hydrogen) atoms. The number of fused-ring (bicyclic) bond motifs is 3. The summed E-state index contributed by atoms with van der Waals surface area (Å²) in [7, 11) is -0.290. The van der Waals surface area contributed by atoms with Gasteiger partial charge < -0.3 is 81.0 Å². The van der Waals surface area contributed by atoms with Gasteiger partial charge in [-0.1, -0.05) is 127 Å². The zero-order chi connectivity index (χ0) is 95.1. The van der Waals surface area contributed by atoms with Crippen LogP contribution in [0.2, 0.25) is 0 Å². The number of nitrogens with one attached hydrogen (secondary N) is 9. The van der Waals surface area contributed by atoms with Gasteiger partial charge in [0.1, 0.15) is 0 Å². The molecule has 0 fully saturated rings. The molecule has 0 saturated carbocycles. The van der Waals surface area contributed by atoms with Crippen molar-refractivity contribution in [3.63, 3.8) is 0 Å². The molecule has 3 atom stereocenters. The van der Waals surface area contributed by atoms with Crippen LogP contribution < -0.4 is 95.2 Å². The standard InChI is InChI=1S/C99H132N18O12S3/c1-115(2)88-37-7-34-79-76(88)31-10-40-91(79)130(124,125)112-55-16-22-67-43-46-73(28-19-52-109-97(121)85(103)64-100)82(61-67)94(118)106-49-13-25-70-58-71(26-14-50-107-95(119)83-62-68(44-47-74(83)29-20-53-110-98(122)86(104)65-101)23-17-56-113-131(126,127)92-41-11-32-77-80(92)35-8-38-89(77)116(3)4)60-72(59-70)27-15-51-108-96(120)84-63-69(45-48-75(84)30-21-54-111-99(123)87(105)66-102)24-18-57-114-132(128,129)93-42-12-33-78-81(93)36-9-39-90(78)117(5)6/h7-12,31-48,58-63,85-87,112-114H,13-30,49-57,64-66,100-105H2,1-6H3,(H,106,118)(H,107,119)(H,108,120)(H,109,121)(H,110,122)(H,111,123). The molecule has 0 aliphatic heterocycles. The minimum Gasteiger partial charge on any atom is -0.377 e. The number of rotatable bonds is 54. The lowest BCUT2D eigenvalue weighted by molar-refractivity contribution is -0.122. The smallest absolute Gasteiger partial charge is 0.251 e. The van der Waals surface area contributed by atoms with E-state index in [9.17, 15) is 54.0 Å². The van der Waals surface area contributed by atoms with E-state index in [1.165, 1.54) is 0 Å². The van der Waals surface area contributed by atoms with Crippen LogP contribution in [0.1, 0.15) is 139 Å². The molecular weight excluding hydrogens is 1730 g/mol. The Bertz CT molecular complexity index is 5430. The molecular formula is C99H132N18O12S3. The van der Waals surface area contributed by atoms with Crippen molar-refractivity contribution < 1.29 is 54.0 Å². The SMILES string of the molecule is CN(C)c1cccc2c(S(=O)(=O)NCCCc3ccc(CCCNC(=O)C(N)CN)c(C(=O)NCCCc4cc(CCCNC(=O)c5cc(CCCNS(=O)(=O)c6cccc7c(N(C)C)cccc67)ccc5CCCNC(=O)C(N)CN)cc(CCCNC(=O)c5cc(CCCNS(=O)(=O)c6cccc7c(N(C)C)cccc67)ccc5CCCNC(=O)C(N)CN)c4)c3)cccc12. The molecule has 0 spiro atoms. The van der Waals surface area contributed by atoms with E-state index in [0.29, 0.717) is 188 Å². The average Bonchev–Trinajstić information content (AvgIpc) is 0.781. The Morgan fingerprint density at radius 2 is 0.500 bits per heavy atom. The Balaban J connectivity index is 0.838. The number of aryl methyl sites for hydroxylation is 9. The van der Waals surface area contributed by atoms with E-state index in [2.05, 4.69) is 64.3 Å². The molecule has 0 aromatic heterocycles. The van der Waals surface area contributed by atoms with Gasteiger partial charge in [0, 0.05) is 187 Å². The number of hydrogen-bond acceptors (Lipinski definition) is 21. The van der Waals surface area contributed by atoms with E-state index in [1.807, 2.05) is 166 Å². The number of sulfonamides is 3. The lowest BCUT2D eigenvalue weighted by Crippen LogP contribution is -2.45. The first-order chi connectivity index (χ1) is 63.3. The zero-order valence-corrected chi connectivity index (χ0v) is 79.1. The van der Waals surface area contributed by atoms with Crippen LogP contribution in [0.3, 0.4) is 0 Å². The molecule has 0 aliphatic rings. The summed E-state index contributed by atoms with van der Waals surface area (Å²) in [5.74, 6) is -2.01. The zero-order valence-electron chi connectivity index (χ0n) is 76.7. The van der Waals surface area contributed by atoms with Gasteiger partial charge in [0.05, 0.1) is 32.8 Å². The first-order valence-corrected chi connectivity index (χ1v) is 49.8. The Morgan fingerprint density at radius 1 is 0.273 bits per heavy atom. The summed E-state index contributed by atoms with van der Waals surface area (Å²) >= 11 is 0. The van der Waals surface area contributed by atoms with Gasteiger partial charge in [0.15, 0.2) is 0 Å². The van der Waals surface area contributed by atoms with Gasteiger partial charge in [-0.3, -0.25) is 28.8 Å². The lowest BCUT2D eigenvalue weighted by Gasteiger charge is -2.17. The number of nitrogens with zero attached hydrogens (tertiary/aromatic N) is 3. The monoisotopic (exact) mass is 1860 g/mol.